The van der Waals surface area contributed by atoms with Crippen LogP contribution >= 0.6 is 0 Å². The molecule has 0 bridgehead atoms. The van der Waals surface area contributed by atoms with Gasteiger partial charge in [0.1, 0.15) is 10.7 Å². The van der Waals surface area contributed by atoms with E-state index in [0.29, 0.717) is 17.2 Å². The van der Waals surface area contributed by atoms with Crippen molar-refractivity contribution >= 4 is 21.4 Å². The molecule has 0 unspecified atom stereocenters. The molecule has 0 aliphatic rings. The fourth-order valence-corrected chi connectivity index (χ4v) is 5.41. The predicted octanol–water partition coefficient (Wildman–Crippen LogP) is 4.67. The van der Waals surface area contributed by atoms with Crippen LogP contribution in [-0.2, 0) is 16.6 Å². The van der Waals surface area contributed by atoms with Gasteiger partial charge in [-0.1, -0.05) is 29.8 Å². The van der Waals surface area contributed by atoms with Crippen LogP contribution in [0.25, 0.3) is 5.65 Å². The molecule has 0 atom stereocenters. The summed E-state index contributed by atoms with van der Waals surface area (Å²) in [6, 6.07) is 15.3. The van der Waals surface area contributed by atoms with Gasteiger partial charge < -0.3 is 0 Å². The topological polar surface area (TPSA) is 67.6 Å². The van der Waals surface area contributed by atoms with Crippen molar-refractivity contribution in [2.24, 2.45) is 0 Å². The van der Waals surface area contributed by atoms with Crippen LogP contribution in [0.5, 0.6) is 0 Å². The molecule has 0 spiro atoms. The second-order valence-corrected chi connectivity index (χ2v) is 9.93. The van der Waals surface area contributed by atoms with Gasteiger partial charge >= 0.3 is 0 Å². The SMILES string of the molecule is Cc1cc(C)cc(N(Cc2cc(C)ccc2C)S(=O)(=O)c2cccn3c(C)nnc23)c1. The number of benzene rings is 2. The molecule has 0 N–H and O–H groups in total. The van der Waals surface area contributed by atoms with Crippen LogP contribution in [-0.4, -0.2) is 23.0 Å². The van der Waals surface area contributed by atoms with Crippen LogP contribution in [0, 0.1) is 34.6 Å². The number of nitrogens with zero attached hydrogens (tertiary/aromatic N) is 4. The number of pyridine rings is 1. The lowest BCUT2D eigenvalue weighted by molar-refractivity contribution is 0.590. The van der Waals surface area contributed by atoms with Gasteiger partial charge in [0.2, 0.25) is 0 Å². The molecule has 0 saturated heterocycles. The van der Waals surface area contributed by atoms with Crippen LogP contribution in [0.2, 0.25) is 0 Å². The zero-order valence-electron chi connectivity index (χ0n) is 18.4. The summed E-state index contributed by atoms with van der Waals surface area (Å²) in [6.07, 6.45) is 1.77. The normalized spacial score (nSPS) is 11.8. The minimum Gasteiger partial charge on any atom is -0.286 e. The highest BCUT2D eigenvalue weighted by molar-refractivity contribution is 7.93. The van der Waals surface area contributed by atoms with E-state index in [0.717, 1.165) is 27.8 Å². The maximum atomic E-state index is 14.0. The van der Waals surface area contributed by atoms with Crippen molar-refractivity contribution in [1.29, 1.82) is 0 Å². The first-order valence-corrected chi connectivity index (χ1v) is 11.6. The number of anilines is 1. The van der Waals surface area contributed by atoms with Gasteiger partial charge in [-0.25, -0.2) is 8.42 Å². The van der Waals surface area contributed by atoms with Gasteiger partial charge in [-0.05, 0) is 81.1 Å². The van der Waals surface area contributed by atoms with Gasteiger partial charge in [-0.2, -0.15) is 0 Å². The lowest BCUT2D eigenvalue weighted by atomic mass is 10.1. The summed E-state index contributed by atoms with van der Waals surface area (Å²) in [5, 5.41) is 8.21. The maximum Gasteiger partial charge on any atom is 0.268 e. The monoisotopic (exact) mass is 434 g/mol. The zero-order chi connectivity index (χ0) is 22.3. The molecular formula is C24H26N4O2S. The van der Waals surface area contributed by atoms with Crippen molar-refractivity contribution in [3.63, 3.8) is 0 Å². The summed E-state index contributed by atoms with van der Waals surface area (Å²) in [5.74, 6) is 0.638. The van der Waals surface area contributed by atoms with E-state index in [9.17, 15) is 8.42 Å². The largest absolute Gasteiger partial charge is 0.286 e. The highest BCUT2D eigenvalue weighted by Crippen LogP contribution is 2.30. The number of hydrogen-bond donors (Lipinski definition) is 0. The molecule has 0 fully saturated rings. The first-order chi connectivity index (χ1) is 14.7. The van der Waals surface area contributed by atoms with Crippen LogP contribution in [0.1, 0.15) is 33.6 Å². The zero-order valence-corrected chi connectivity index (χ0v) is 19.2. The summed E-state index contributed by atoms with van der Waals surface area (Å²) >= 11 is 0. The van der Waals surface area contributed by atoms with Crippen molar-refractivity contribution < 1.29 is 8.42 Å². The van der Waals surface area contributed by atoms with E-state index in [2.05, 4.69) is 10.2 Å². The minimum atomic E-state index is -3.92. The molecule has 7 heteroatoms. The summed E-state index contributed by atoms with van der Waals surface area (Å²) in [4.78, 5) is 0.139. The first-order valence-electron chi connectivity index (χ1n) is 10.1. The van der Waals surface area contributed by atoms with Gasteiger partial charge in [0, 0.05) is 6.20 Å². The molecule has 2 aromatic heterocycles. The van der Waals surface area contributed by atoms with Crippen LogP contribution < -0.4 is 4.31 Å². The Kier molecular flexibility index (Phi) is 5.31. The standard InChI is InChI=1S/C24H26N4O2S/c1-16-8-9-19(4)21(12-16)15-28(22-13-17(2)11-18(3)14-22)31(29,30)23-7-6-10-27-20(5)25-26-24(23)27/h6-14H,15H2,1-5H3. The van der Waals surface area contributed by atoms with Gasteiger partial charge in [-0.15, -0.1) is 10.2 Å². The quantitative estimate of drug-likeness (QED) is 0.458. The molecule has 0 radical (unpaired) electrons. The molecule has 160 valence electrons. The van der Waals surface area contributed by atoms with E-state index in [4.69, 9.17) is 0 Å². The summed E-state index contributed by atoms with van der Waals surface area (Å²) < 4.78 is 31.2. The Morgan fingerprint density at radius 3 is 2.29 bits per heavy atom. The fourth-order valence-electron chi connectivity index (χ4n) is 3.86. The molecule has 31 heavy (non-hydrogen) atoms. The first kappa shape index (κ1) is 21.1. The summed E-state index contributed by atoms with van der Waals surface area (Å²) in [6.45, 7) is 9.99. The lowest BCUT2D eigenvalue weighted by Crippen LogP contribution is -2.31. The third kappa shape index (κ3) is 3.93. The Labute approximate surface area is 183 Å². The van der Waals surface area contributed by atoms with E-state index in [1.165, 1.54) is 4.31 Å². The number of fused-ring (bicyclic) bond motifs is 1. The Hall–Kier alpha value is -3.19. The third-order valence-electron chi connectivity index (χ3n) is 5.45. The average molecular weight is 435 g/mol. The maximum absolute atomic E-state index is 14.0. The molecule has 2 heterocycles. The molecule has 4 rings (SSSR count). The summed E-state index contributed by atoms with van der Waals surface area (Å²) in [7, 11) is -3.92. The molecule has 0 amide bonds. The van der Waals surface area contributed by atoms with E-state index < -0.39 is 10.0 Å². The van der Waals surface area contributed by atoms with Crippen molar-refractivity contribution in [1.82, 2.24) is 14.6 Å². The second kappa shape index (κ2) is 7.81. The number of hydrogen-bond acceptors (Lipinski definition) is 4. The second-order valence-electron chi connectivity index (χ2n) is 8.10. The van der Waals surface area contributed by atoms with Gasteiger partial charge in [0.05, 0.1) is 12.2 Å². The molecule has 2 aromatic carbocycles. The van der Waals surface area contributed by atoms with E-state index in [1.807, 2.05) is 64.1 Å². The molecule has 0 aliphatic carbocycles. The smallest absolute Gasteiger partial charge is 0.268 e. The number of rotatable bonds is 5. The van der Waals surface area contributed by atoms with Crippen molar-refractivity contribution in [2.75, 3.05) is 4.31 Å². The Morgan fingerprint density at radius 1 is 0.871 bits per heavy atom. The lowest BCUT2D eigenvalue weighted by Gasteiger charge is -2.26. The number of aromatic nitrogens is 3. The van der Waals surface area contributed by atoms with Crippen LogP contribution in [0.4, 0.5) is 5.69 Å². The minimum absolute atomic E-state index is 0.139. The van der Waals surface area contributed by atoms with Crippen molar-refractivity contribution in [2.45, 2.75) is 46.1 Å². The Bertz CT molecular complexity index is 1370. The number of aryl methyl sites for hydroxylation is 5. The van der Waals surface area contributed by atoms with E-state index >= 15 is 0 Å². The van der Waals surface area contributed by atoms with E-state index in [-0.39, 0.29) is 11.4 Å². The fraction of sp³-hybridized carbons (Fsp3) is 0.250. The average Bonchev–Trinajstić information content (AvgIpc) is 3.08. The van der Waals surface area contributed by atoms with Gasteiger partial charge in [-0.3, -0.25) is 8.71 Å². The van der Waals surface area contributed by atoms with Crippen molar-refractivity contribution in [3.8, 4) is 0 Å². The van der Waals surface area contributed by atoms with E-state index in [1.54, 1.807) is 29.7 Å². The van der Waals surface area contributed by atoms with Gasteiger partial charge in [0.25, 0.3) is 10.0 Å². The summed E-state index contributed by atoms with van der Waals surface area (Å²) in [5.41, 5.74) is 6.08. The molecule has 0 aliphatic heterocycles. The predicted molar refractivity (Wildman–Crippen MR) is 123 cm³/mol. The van der Waals surface area contributed by atoms with Crippen LogP contribution in [0.15, 0.2) is 59.6 Å². The Balaban J connectivity index is 1.93. The van der Waals surface area contributed by atoms with Crippen molar-refractivity contribution in [3.05, 3.63) is 88.4 Å². The molecule has 6 nitrogen and oxygen atoms in total. The van der Waals surface area contributed by atoms with Gasteiger partial charge in [0.15, 0.2) is 5.65 Å². The highest BCUT2D eigenvalue weighted by Gasteiger charge is 2.29. The highest BCUT2D eigenvalue weighted by atomic mass is 32.2. The molecular weight excluding hydrogens is 408 g/mol. The third-order valence-corrected chi connectivity index (χ3v) is 7.25. The van der Waals surface area contributed by atoms with Crippen LogP contribution in [0.3, 0.4) is 0 Å². The molecule has 4 aromatic rings. The molecule has 0 saturated carbocycles. The number of sulfonamides is 1. The Morgan fingerprint density at radius 2 is 1.58 bits per heavy atom.